The van der Waals surface area contributed by atoms with Crippen LogP contribution in [0.3, 0.4) is 0 Å². The third-order valence-electron chi connectivity index (χ3n) is 3.46. The first-order chi connectivity index (χ1) is 11.5. The number of ether oxygens (including phenoxy) is 1. The highest BCUT2D eigenvalue weighted by Crippen LogP contribution is 2.23. The summed E-state index contributed by atoms with van der Waals surface area (Å²) in [6.45, 7) is 3.70. The maximum absolute atomic E-state index is 11.8. The maximum atomic E-state index is 11.8. The zero-order chi connectivity index (χ0) is 17.4. The number of benzene rings is 2. The predicted molar refractivity (Wildman–Crippen MR) is 92.8 cm³/mol. The van der Waals surface area contributed by atoms with Crippen LogP contribution in [-0.2, 0) is 9.59 Å². The van der Waals surface area contributed by atoms with Crippen molar-refractivity contribution in [3.8, 4) is 11.5 Å². The van der Waals surface area contributed by atoms with E-state index >= 15 is 0 Å². The average molecular weight is 326 g/mol. The van der Waals surface area contributed by atoms with Crippen LogP contribution in [0.2, 0.25) is 0 Å². The Kier molecular flexibility index (Phi) is 6.37. The van der Waals surface area contributed by atoms with Gasteiger partial charge in [0.25, 0.3) is 0 Å². The van der Waals surface area contributed by atoms with Crippen molar-refractivity contribution in [3.05, 3.63) is 60.2 Å². The van der Waals surface area contributed by atoms with Gasteiger partial charge in [-0.2, -0.15) is 0 Å². The summed E-state index contributed by atoms with van der Waals surface area (Å²) >= 11 is 0. The van der Waals surface area contributed by atoms with E-state index < -0.39 is 0 Å². The maximum Gasteiger partial charge on any atom is 0.222 e. The Morgan fingerprint density at radius 3 is 2.25 bits per heavy atom. The van der Waals surface area contributed by atoms with Crippen molar-refractivity contribution in [2.24, 2.45) is 0 Å². The molecule has 1 atom stereocenters. The van der Waals surface area contributed by atoms with Crippen LogP contribution in [0, 0.1) is 0 Å². The van der Waals surface area contributed by atoms with Crippen LogP contribution in [0.4, 0.5) is 0 Å². The van der Waals surface area contributed by atoms with Crippen LogP contribution >= 0.6 is 0 Å². The quantitative estimate of drug-likeness (QED) is 0.821. The Labute approximate surface area is 142 Å². The lowest BCUT2D eigenvalue weighted by molar-refractivity contribution is -0.122. The molecule has 24 heavy (non-hydrogen) atoms. The van der Waals surface area contributed by atoms with Gasteiger partial charge in [-0.25, -0.2) is 0 Å². The van der Waals surface area contributed by atoms with Crippen LogP contribution < -0.4 is 15.4 Å². The number of carbonyl (C=O) groups excluding carboxylic acids is 2. The predicted octanol–water partition coefficient (Wildman–Crippen LogP) is 3.18. The Morgan fingerprint density at radius 1 is 1.00 bits per heavy atom. The second kappa shape index (κ2) is 8.72. The minimum Gasteiger partial charge on any atom is -0.457 e. The topological polar surface area (TPSA) is 67.4 Å². The van der Waals surface area contributed by atoms with Crippen molar-refractivity contribution < 1.29 is 14.3 Å². The second-order valence-corrected chi connectivity index (χ2v) is 5.51. The molecule has 0 saturated carbocycles. The van der Waals surface area contributed by atoms with Crippen molar-refractivity contribution in [1.82, 2.24) is 10.6 Å². The molecule has 0 aromatic heterocycles. The summed E-state index contributed by atoms with van der Waals surface area (Å²) in [5.41, 5.74) is 0.989. The summed E-state index contributed by atoms with van der Waals surface area (Å²) in [6.07, 6.45) is 0.263. The van der Waals surface area contributed by atoms with Gasteiger partial charge in [-0.1, -0.05) is 30.3 Å². The fourth-order valence-electron chi connectivity index (χ4n) is 2.20. The van der Waals surface area contributed by atoms with Gasteiger partial charge in [0.05, 0.1) is 6.04 Å². The van der Waals surface area contributed by atoms with Gasteiger partial charge >= 0.3 is 0 Å². The van der Waals surface area contributed by atoms with Gasteiger partial charge in [-0.3, -0.25) is 9.59 Å². The van der Waals surface area contributed by atoms with Gasteiger partial charge in [-0.05, 0) is 36.8 Å². The summed E-state index contributed by atoms with van der Waals surface area (Å²) in [5.74, 6) is 1.30. The number of hydrogen-bond acceptors (Lipinski definition) is 3. The van der Waals surface area contributed by atoms with Crippen molar-refractivity contribution in [3.63, 3.8) is 0 Å². The molecule has 126 valence electrons. The number of hydrogen-bond donors (Lipinski definition) is 2. The van der Waals surface area contributed by atoms with E-state index in [9.17, 15) is 9.59 Å². The normalized spacial score (nSPS) is 11.4. The van der Waals surface area contributed by atoms with E-state index in [1.54, 1.807) is 0 Å². The fourth-order valence-corrected chi connectivity index (χ4v) is 2.20. The first-order valence-corrected chi connectivity index (χ1v) is 7.91. The lowest BCUT2D eigenvalue weighted by Crippen LogP contribution is -2.31. The Hall–Kier alpha value is -2.82. The standard InChI is InChI=1S/C19H22N2O3/c1-14(21-19(23)12-13-20-15(2)22)16-8-10-18(11-9-16)24-17-6-4-3-5-7-17/h3-11,14H,12-13H2,1-2H3,(H,20,22)(H,21,23). The highest BCUT2D eigenvalue weighted by Gasteiger charge is 2.10. The zero-order valence-electron chi connectivity index (χ0n) is 13.9. The minimum atomic E-state index is -0.134. The highest BCUT2D eigenvalue weighted by atomic mass is 16.5. The Bertz CT molecular complexity index is 669. The summed E-state index contributed by atoms with van der Waals surface area (Å²) in [6, 6.07) is 17.1. The fraction of sp³-hybridized carbons (Fsp3) is 0.263. The number of para-hydroxylation sites is 1. The van der Waals surface area contributed by atoms with Crippen LogP contribution in [0.15, 0.2) is 54.6 Å². The van der Waals surface area contributed by atoms with Crippen LogP contribution in [-0.4, -0.2) is 18.4 Å². The molecule has 0 aliphatic rings. The van der Waals surface area contributed by atoms with Gasteiger partial charge in [0.2, 0.25) is 11.8 Å². The van der Waals surface area contributed by atoms with Crippen LogP contribution in [0.25, 0.3) is 0 Å². The molecular weight excluding hydrogens is 304 g/mol. The molecule has 0 bridgehead atoms. The van der Waals surface area contributed by atoms with Crippen LogP contribution in [0.5, 0.6) is 11.5 Å². The van der Waals surface area contributed by atoms with Crippen molar-refractivity contribution >= 4 is 11.8 Å². The molecule has 5 nitrogen and oxygen atoms in total. The molecule has 0 aliphatic carbocycles. The Balaban J connectivity index is 1.85. The molecule has 0 heterocycles. The first-order valence-electron chi connectivity index (χ1n) is 7.91. The van der Waals surface area contributed by atoms with Crippen molar-refractivity contribution in [1.29, 1.82) is 0 Å². The van der Waals surface area contributed by atoms with Gasteiger partial charge in [0, 0.05) is 19.9 Å². The largest absolute Gasteiger partial charge is 0.457 e. The monoisotopic (exact) mass is 326 g/mol. The SMILES string of the molecule is CC(=O)NCCC(=O)NC(C)c1ccc(Oc2ccccc2)cc1. The lowest BCUT2D eigenvalue weighted by atomic mass is 10.1. The third kappa shape index (κ3) is 5.76. The first kappa shape index (κ1) is 17.5. The molecule has 2 N–H and O–H groups in total. The van der Waals surface area contributed by atoms with Crippen molar-refractivity contribution in [2.75, 3.05) is 6.54 Å². The third-order valence-corrected chi connectivity index (χ3v) is 3.46. The minimum absolute atomic E-state index is 0.0964. The molecule has 5 heteroatoms. The Morgan fingerprint density at radius 2 is 1.62 bits per heavy atom. The molecule has 2 rings (SSSR count). The highest BCUT2D eigenvalue weighted by molar-refractivity contribution is 5.78. The molecule has 0 radical (unpaired) electrons. The molecule has 1 unspecified atom stereocenters. The van der Waals surface area contributed by atoms with Gasteiger partial charge < -0.3 is 15.4 Å². The van der Waals surface area contributed by atoms with E-state index in [4.69, 9.17) is 4.74 Å². The summed E-state index contributed by atoms with van der Waals surface area (Å²) in [7, 11) is 0. The number of carbonyl (C=O) groups is 2. The average Bonchev–Trinajstić information content (AvgIpc) is 2.56. The number of amides is 2. The van der Waals surface area contributed by atoms with Crippen molar-refractivity contribution in [2.45, 2.75) is 26.3 Å². The van der Waals surface area contributed by atoms with E-state index in [2.05, 4.69) is 10.6 Å². The molecule has 2 amide bonds. The van der Waals surface area contributed by atoms with Gasteiger partial charge in [-0.15, -0.1) is 0 Å². The molecule has 0 aliphatic heterocycles. The second-order valence-electron chi connectivity index (χ2n) is 5.51. The van der Waals surface area contributed by atoms with Gasteiger partial charge in [0.1, 0.15) is 11.5 Å². The molecule has 0 fully saturated rings. The van der Waals surface area contributed by atoms with E-state index in [-0.39, 0.29) is 24.3 Å². The lowest BCUT2D eigenvalue weighted by Gasteiger charge is -2.15. The zero-order valence-corrected chi connectivity index (χ0v) is 13.9. The molecular formula is C19H22N2O3. The molecule has 2 aromatic rings. The molecule has 0 spiro atoms. The summed E-state index contributed by atoms with van der Waals surface area (Å²) in [5, 5.41) is 5.51. The molecule has 2 aromatic carbocycles. The van der Waals surface area contributed by atoms with E-state index in [0.717, 1.165) is 17.1 Å². The summed E-state index contributed by atoms with van der Waals surface area (Å²) < 4.78 is 5.74. The van der Waals surface area contributed by atoms with E-state index in [1.807, 2.05) is 61.5 Å². The van der Waals surface area contributed by atoms with Crippen LogP contribution in [0.1, 0.15) is 31.9 Å². The number of rotatable bonds is 7. The summed E-state index contributed by atoms with van der Waals surface area (Å²) in [4.78, 5) is 22.6. The number of nitrogens with one attached hydrogen (secondary N) is 2. The molecule has 0 saturated heterocycles. The van der Waals surface area contributed by atoms with E-state index in [0.29, 0.717) is 6.54 Å². The van der Waals surface area contributed by atoms with E-state index in [1.165, 1.54) is 6.92 Å². The smallest absolute Gasteiger partial charge is 0.222 e. The van der Waals surface area contributed by atoms with Gasteiger partial charge in [0.15, 0.2) is 0 Å².